The molecule has 1 fully saturated rings. The molecule has 0 aliphatic heterocycles. The number of nitrogens with one attached hydrogen (secondary N) is 1. The van der Waals surface area contributed by atoms with Gasteiger partial charge >= 0.3 is 0 Å². The van der Waals surface area contributed by atoms with Gasteiger partial charge in [-0.3, -0.25) is 0 Å². The van der Waals surface area contributed by atoms with Gasteiger partial charge in [0, 0.05) is 24.7 Å². The summed E-state index contributed by atoms with van der Waals surface area (Å²) in [4.78, 5) is 0. The van der Waals surface area contributed by atoms with E-state index in [1.807, 2.05) is 0 Å². The maximum Gasteiger partial charge on any atom is 0.141 e. The lowest BCUT2D eigenvalue weighted by molar-refractivity contribution is 0.469. The Bertz CT molecular complexity index is 659. The molecule has 1 saturated carbocycles. The van der Waals surface area contributed by atoms with E-state index in [-0.39, 0.29) is 5.82 Å². The molecule has 21 heavy (non-hydrogen) atoms. The molecule has 1 N–H and O–H groups in total. The van der Waals surface area contributed by atoms with Gasteiger partial charge in [0.15, 0.2) is 0 Å². The maximum atomic E-state index is 13.6. The second-order valence-corrected chi connectivity index (χ2v) is 5.98. The van der Waals surface area contributed by atoms with Crippen LogP contribution in [0.15, 0.2) is 40.9 Å². The van der Waals surface area contributed by atoms with Crippen LogP contribution in [0.2, 0.25) is 0 Å². The summed E-state index contributed by atoms with van der Waals surface area (Å²) in [5, 5.41) is 3.32. The minimum absolute atomic E-state index is 0.336. The normalized spacial score (nSPS) is 14.2. The molecule has 2 aromatic rings. The van der Waals surface area contributed by atoms with E-state index in [0.29, 0.717) is 28.6 Å². The van der Waals surface area contributed by atoms with E-state index >= 15 is 0 Å². The summed E-state index contributed by atoms with van der Waals surface area (Å²) in [6.45, 7) is 0.605. The zero-order valence-corrected chi connectivity index (χ0v) is 12.8. The van der Waals surface area contributed by atoms with Crippen molar-refractivity contribution in [1.82, 2.24) is 5.32 Å². The Balaban J connectivity index is 1.75. The highest BCUT2D eigenvalue weighted by Crippen LogP contribution is 2.27. The Hall–Kier alpha value is -1.46. The van der Waals surface area contributed by atoms with Gasteiger partial charge in [0.2, 0.25) is 0 Å². The van der Waals surface area contributed by atoms with Crippen LogP contribution >= 0.6 is 15.9 Å². The Kier molecular flexibility index (Phi) is 4.22. The van der Waals surface area contributed by atoms with Crippen LogP contribution in [0.5, 0.6) is 11.5 Å². The summed E-state index contributed by atoms with van der Waals surface area (Å²) < 4.78 is 33.0. The van der Waals surface area contributed by atoms with Crippen LogP contribution in [-0.4, -0.2) is 6.04 Å². The molecule has 110 valence electrons. The average Bonchev–Trinajstić information content (AvgIpc) is 3.24. The fourth-order valence-corrected chi connectivity index (χ4v) is 2.25. The second-order valence-electron chi connectivity index (χ2n) is 5.13. The molecule has 2 aromatic carbocycles. The molecule has 0 spiro atoms. The molecule has 5 heteroatoms. The number of ether oxygens (including phenoxy) is 1. The third kappa shape index (κ3) is 4.02. The summed E-state index contributed by atoms with van der Waals surface area (Å²) >= 11 is 3.08. The van der Waals surface area contributed by atoms with E-state index in [0.717, 1.165) is 5.56 Å². The van der Waals surface area contributed by atoms with Gasteiger partial charge in [0.05, 0.1) is 4.47 Å². The van der Waals surface area contributed by atoms with E-state index in [1.54, 1.807) is 18.2 Å². The Morgan fingerprint density at radius 2 is 1.90 bits per heavy atom. The van der Waals surface area contributed by atoms with Crippen molar-refractivity contribution in [3.63, 3.8) is 0 Å². The van der Waals surface area contributed by atoms with Gasteiger partial charge in [0.25, 0.3) is 0 Å². The topological polar surface area (TPSA) is 21.3 Å². The highest BCUT2D eigenvalue weighted by molar-refractivity contribution is 9.10. The summed E-state index contributed by atoms with van der Waals surface area (Å²) in [6, 6.07) is 9.53. The monoisotopic (exact) mass is 353 g/mol. The smallest absolute Gasteiger partial charge is 0.141 e. The van der Waals surface area contributed by atoms with Crippen molar-refractivity contribution in [3.8, 4) is 11.5 Å². The van der Waals surface area contributed by atoms with Gasteiger partial charge in [-0.15, -0.1) is 0 Å². The van der Waals surface area contributed by atoms with Gasteiger partial charge in [-0.25, -0.2) is 8.78 Å². The number of halogens is 3. The quantitative estimate of drug-likeness (QED) is 0.835. The third-order valence-electron chi connectivity index (χ3n) is 3.23. The van der Waals surface area contributed by atoms with Gasteiger partial charge in [-0.2, -0.15) is 0 Å². The summed E-state index contributed by atoms with van der Waals surface area (Å²) in [6.07, 6.45) is 2.35. The zero-order chi connectivity index (χ0) is 14.8. The Labute approximate surface area is 130 Å². The van der Waals surface area contributed by atoms with Gasteiger partial charge in [-0.05, 0) is 58.6 Å². The molecule has 1 aliphatic carbocycles. The van der Waals surface area contributed by atoms with E-state index in [2.05, 4.69) is 21.2 Å². The van der Waals surface area contributed by atoms with Crippen molar-refractivity contribution < 1.29 is 13.5 Å². The van der Waals surface area contributed by atoms with E-state index in [1.165, 1.54) is 31.0 Å². The van der Waals surface area contributed by atoms with Crippen LogP contribution in [-0.2, 0) is 6.54 Å². The highest BCUT2D eigenvalue weighted by atomic mass is 79.9. The number of hydrogen-bond acceptors (Lipinski definition) is 2. The standard InChI is InChI=1S/C16H14BrF2NO/c17-15-4-3-13(8-16(15)19)21-14-6-10(5-11(18)7-14)9-20-12-1-2-12/h3-8,12,20H,1-2,9H2. The Morgan fingerprint density at radius 1 is 1.10 bits per heavy atom. The van der Waals surface area contributed by atoms with Gasteiger partial charge in [0.1, 0.15) is 23.1 Å². The summed E-state index contributed by atoms with van der Waals surface area (Å²) in [7, 11) is 0. The van der Waals surface area contributed by atoms with Crippen molar-refractivity contribution in [2.45, 2.75) is 25.4 Å². The minimum atomic E-state index is -0.417. The maximum absolute atomic E-state index is 13.6. The number of hydrogen-bond donors (Lipinski definition) is 1. The molecule has 0 bridgehead atoms. The summed E-state index contributed by atoms with van der Waals surface area (Å²) in [5.41, 5.74) is 0.814. The second kappa shape index (κ2) is 6.12. The first kappa shape index (κ1) is 14.5. The molecule has 0 saturated heterocycles. The molecule has 0 atom stereocenters. The fourth-order valence-electron chi connectivity index (χ4n) is 2.01. The molecule has 3 rings (SSSR count). The zero-order valence-electron chi connectivity index (χ0n) is 11.2. The van der Waals surface area contributed by atoms with E-state index in [4.69, 9.17) is 4.74 Å². The first-order valence-electron chi connectivity index (χ1n) is 6.76. The van der Waals surface area contributed by atoms with E-state index < -0.39 is 5.82 Å². The van der Waals surface area contributed by atoms with Crippen LogP contribution in [0.4, 0.5) is 8.78 Å². The van der Waals surface area contributed by atoms with Crippen LogP contribution in [0.1, 0.15) is 18.4 Å². The van der Waals surface area contributed by atoms with E-state index in [9.17, 15) is 8.78 Å². The molecule has 0 radical (unpaired) electrons. The van der Waals surface area contributed by atoms with Crippen molar-refractivity contribution in [2.75, 3.05) is 0 Å². The van der Waals surface area contributed by atoms with Crippen molar-refractivity contribution in [3.05, 3.63) is 58.1 Å². The SMILES string of the molecule is Fc1cc(CNC2CC2)cc(Oc2ccc(Br)c(F)c2)c1. The van der Waals surface area contributed by atoms with Crippen LogP contribution in [0, 0.1) is 11.6 Å². The third-order valence-corrected chi connectivity index (χ3v) is 3.87. The lowest BCUT2D eigenvalue weighted by Gasteiger charge is -2.09. The molecule has 2 nitrogen and oxygen atoms in total. The van der Waals surface area contributed by atoms with Crippen LogP contribution < -0.4 is 10.1 Å². The molecule has 1 aliphatic rings. The Morgan fingerprint density at radius 3 is 2.62 bits per heavy atom. The molecule has 0 amide bonds. The van der Waals surface area contributed by atoms with Gasteiger partial charge in [-0.1, -0.05) is 0 Å². The minimum Gasteiger partial charge on any atom is -0.457 e. The molecular formula is C16H14BrF2NO. The predicted octanol–water partition coefficient (Wildman–Crippen LogP) is 4.77. The van der Waals surface area contributed by atoms with Crippen molar-refractivity contribution >= 4 is 15.9 Å². The van der Waals surface area contributed by atoms with Crippen LogP contribution in [0.3, 0.4) is 0 Å². The number of benzene rings is 2. The number of rotatable bonds is 5. The molecule has 0 unspecified atom stereocenters. The molecule has 0 heterocycles. The van der Waals surface area contributed by atoms with Crippen molar-refractivity contribution in [2.24, 2.45) is 0 Å². The molecule has 0 aromatic heterocycles. The lowest BCUT2D eigenvalue weighted by Crippen LogP contribution is -2.15. The van der Waals surface area contributed by atoms with Crippen LogP contribution in [0.25, 0.3) is 0 Å². The first-order chi connectivity index (χ1) is 10.1. The van der Waals surface area contributed by atoms with Gasteiger partial charge < -0.3 is 10.1 Å². The highest BCUT2D eigenvalue weighted by Gasteiger charge is 2.20. The predicted molar refractivity (Wildman–Crippen MR) is 80.4 cm³/mol. The largest absolute Gasteiger partial charge is 0.457 e. The average molecular weight is 354 g/mol. The fraction of sp³-hybridized carbons (Fsp3) is 0.250. The first-order valence-corrected chi connectivity index (χ1v) is 7.55. The molecular weight excluding hydrogens is 340 g/mol. The lowest BCUT2D eigenvalue weighted by atomic mass is 10.2. The van der Waals surface area contributed by atoms with Crippen molar-refractivity contribution in [1.29, 1.82) is 0 Å². The summed E-state index contributed by atoms with van der Waals surface area (Å²) in [5.74, 6) is -0.0797.